The maximum atomic E-state index is 13.1. The zero-order valence-corrected chi connectivity index (χ0v) is 17.9. The molecule has 2 amide bonds. The lowest BCUT2D eigenvalue weighted by Crippen LogP contribution is -2.92. The minimum Gasteiger partial charge on any atom is -0.322 e. The minimum atomic E-state index is -0.524. The molecule has 7 rings (SSSR count). The zero-order chi connectivity index (χ0) is 21.1. The topological polar surface area (TPSA) is 52.7 Å². The lowest BCUT2D eigenvalue weighted by molar-refractivity contribution is -0.408. The molecule has 0 radical (unpaired) electrons. The van der Waals surface area contributed by atoms with Crippen LogP contribution in [0.15, 0.2) is 54.6 Å². The summed E-state index contributed by atoms with van der Waals surface area (Å²) in [6.07, 6.45) is 4.08. The van der Waals surface area contributed by atoms with Gasteiger partial charge in [-0.15, -0.1) is 0 Å². The molecule has 0 aromatic heterocycles. The first kappa shape index (κ1) is 17.8. The largest absolute Gasteiger partial charge is 0.322 e. The molecule has 4 atom stereocenters. The molecule has 5 fully saturated rings. The Balaban J connectivity index is 1.12. The van der Waals surface area contributed by atoms with Gasteiger partial charge in [0.15, 0.2) is 0 Å². The van der Waals surface area contributed by atoms with Crippen LogP contribution in [-0.4, -0.2) is 28.4 Å². The van der Waals surface area contributed by atoms with Crippen LogP contribution in [0.2, 0.25) is 0 Å². The van der Waals surface area contributed by atoms with Gasteiger partial charge >= 0.3 is 0 Å². The van der Waals surface area contributed by atoms with E-state index < -0.39 is 5.54 Å². The number of carbonyl (C=O) groups excluding carboxylic acids is 2. The van der Waals surface area contributed by atoms with Crippen LogP contribution < -0.4 is 10.3 Å². The Morgan fingerprint density at radius 1 is 0.935 bits per heavy atom. The summed E-state index contributed by atoms with van der Waals surface area (Å²) in [4.78, 5) is 25.6. The maximum Gasteiger partial charge on any atom is 0.268 e. The van der Waals surface area contributed by atoms with Crippen molar-refractivity contribution in [2.75, 3.05) is 10.3 Å². The second-order valence-corrected chi connectivity index (χ2v) is 10.7. The summed E-state index contributed by atoms with van der Waals surface area (Å²) in [7, 11) is 0. The SMILES string of the molecule is CC1(C)C(=O)N(C2C3CC4CC5CC2C453)N1c1ccc(NC(=O)c2ccccc2)cc1. The Bertz CT molecular complexity index is 1090. The van der Waals surface area contributed by atoms with Crippen molar-refractivity contribution in [2.45, 2.75) is 44.7 Å². The highest BCUT2D eigenvalue weighted by Crippen LogP contribution is 2.88. The number of hydrazine groups is 1. The van der Waals surface area contributed by atoms with E-state index in [2.05, 4.69) is 15.3 Å². The summed E-state index contributed by atoms with van der Waals surface area (Å²) >= 11 is 0. The van der Waals surface area contributed by atoms with Crippen molar-refractivity contribution in [3.8, 4) is 0 Å². The smallest absolute Gasteiger partial charge is 0.268 e. The quantitative estimate of drug-likeness (QED) is 0.812. The van der Waals surface area contributed by atoms with E-state index in [-0.39, 0.29) is 11.8 Å². The van der Waals surface area contributed by atoms with Crippen molar-refractivity contribution in [1.29, 1.82) is 0 Å². The molecule has 1 N–H and O–H groups in total. The zero-order valence-electron chi connectivity index (χ0n) is 17.9. The van der Waals surface area contributed by atoms with Gasteiger partial charge in [-0.1, -0.05) is 18.2 Å². The van der Waals surface area contributed by atoms with Crippen molar-refractivity contribution in [2.24, 2.45) is 29.1 Å². The van der Waals surface area contributed by atoms with Crippen molar-refractivity contribution >= 4 is 23.2 Å². The molecule has 2 aromatic carbocycles. The fourth-order valence-electron chi connectivity index (χ4n) is 7.97. The summed E-state index contributed by atoms with van der Waals surface area (Å²) in [6, 6.07) is 17.5. The van der Waals surface area contributed by atoms with Gasteiger partial charge in [0.2, 0.25) is 0 Å². The molecule has 5 aliphatic rings. The summed E-state index contributed by atoms with van der Waals surface area (Å²) in [6.45, 7) is 4.03. The Labute approximate surface area is 182 Å². The molecule has 1 heterocycles. The van der Waals surface area contributed by atoms with Crippen molar-refractivity contribution < 1.29 is 9.59 Å². The molecule has 4 aliphatic carbocycles. The molecule has 4 saturated carbocycles. The Morgan fingerprint density at radius 2 is 1.58 bits per heavy atom. The highest BCUT2D eigenvalue weighted by atomic mass is 16.2. The van der Waals surface area contributed by atoms with Gasteiger partial charge in [-0.25, -0.2) is 5.01 Å². The predicted octanol–water partition coefficient (Wildman–Crippen LogP) is 4.33. The van der Waals surface area contributed by atoms with Gasteiger partial charge in [-0.3, -0.25) is 14.6 Å². The fourth-order valence-corrected chi connectivity index (χ4v) is 7.97. The number of benzene rings is 2. The number of nitrogens with zero attached hydrogens (tertiary/aromatic N) is 2. The van der Waals surface area contributed by atoms with Crippen LogP contribution in [0.4, 0.5) is 11.4 Å². The van der Waals surface area contributed by atoms with Gasteiger partial charge in [0, 0.05) is 11.3 Å². The predicted molar refractivity (Wildman–Crippen MR) is 118 cm³/mol. The number of hydrogen-bond donors (Lipinski definition) is 1. The van der Waals surface area contributed by atoms with E-state index in [0.29, 0.717) is 17.0 Å². The number of anilines is 2. The summed E-state index contributed by atoms with van der Waals surface area (Å²) < 4.78 is 0. The number of amides is 2. The average molecular weight is 414 g/mol. The van der Waals surface area contributed by atoms with E-state index in [1.165, 1.54) is 19.3 Å². The van der Waals surface area contributed by atoms with Gasteiger partial charge in [0.1, 0.15) is 5.54 Å². The molecule has 1 spiro atoms. The fraction of sp³-hybridized carbons (Fsp3) is 0.462. The highest BCUT2D eigenvalue weighted by molar-refractivity contribution is 6.04. The normalized spacial score (nSPS) is 37.7. The monoisotopic (exact) mass is 413 g/mol. The first-order chi connectivity index (χ1) is 14.9. The van der Waals surface area contributed by atoms with Crippen LogP contribution in [0.25, 0.3) is 0 Å². The average Bonchev–Trinajstić information content (AvgIpc) is 2.72. The second-order valence-electron chi connectivity index (χ2n) is 10.7. The van der Waals surface area contributed by atoms with Crippen molar-refractivity contribution in [3.05, 3.63) is 60.2 Å². The third-order valence-corrected chi connectivity index (χ3v) is 9.33. The lowest BCUT2D eigenvalue weighted by Gasteiger charge is -2.90. The first-order valence-electron chi connectivity index (χ1n) is 11.5. The van der Waals surface area contributed by atoms with Gasteiger partial charge < -0.3 is 5.32 Å². The lowest BCUT2D eigenvalue weighted by atomic mass is 9.17. The molecule has 0 bridgehead atoms. The summed E-state index contributed by atoms with van der Waals surface area (Å²) in [5.74, 6) is 3.50. The molecular formula is C26H27N3O2. The van der Waals surface area contributed by atoms with Crippen LogP contribution in [0.1, 0.15) is 43.5 Å². The van der Waals surface area contributed by atoms with Gasteiger partial charge in [-0.2, -0.15) is 0 Å². The summed E-state index contributed by atoms with van der Waals surface area (Å²) in [5.41, 5.74) is 2.53. The second kappa shape index (κ2) is 5.50. The van der Waals surface area contributed by atoms with Crippen molar-refractivity contribution in [1.82, 2.24) is 5.01 Å². The standard InChI is InChI=1S/C26H27N3O2/c1-25(2)24(31)28(22-20-13-16-12-17-14-21(22)26(16,17)20)29(25)19-10-8-18(9-11-19)27-23(30)15-6-4-3-5-7-15/h3-11,16-17,20-22H,12-14H2,1-2H3,(H,27,30). The highest BCUT2D eigenvalue weighted by Gasteiger charge is 2.86. The van der Waals surface area contributed by atoms with Crippen LogP contribution in [-0.2, 0) is 4.79 Å². The van der Waals surface area contributed by atoms with Crippen LogP contribution in [0.3, 0.4) is 0 Å². The molecule has 5 nitrogen and oxygen atoms in total. The Hall–Kier alpha value is -2.82. The van der Waals surface area contributed by atoms with E-state index >= 15 is 0 Å². The van der Waals surface area contributed by atoms with Crippen LogP contribution in [0, 0.1) is 29.1 Å². The molecule has 5 heteroatoms. The molecule has 31 heavy (non-hydrogen) atoms. The Morgan fingerprint density at radius 3 is 2.19 bits per heavy atom. The van der Waals surface area contributed by atoms with Gasteiger partial charge in [0.25, 0.3) is 11.8 Å². The van der Waals surface area contributed by atoms with Crippen molar-refractivity contribution in [3.63, 3.8) is 0 Å². The first-order valence-corrected chi connectivity index (χ1v) is 11.5. The molecule has 1 saturated heterocycles. The number of hydrogen-bond acceptors (Lipinski definition) is 3. The van der Waals surface area contributed by atoms with Crippen LogP contribution >= 0.6 is 0 Å². The Kier molecular flexibility index (Phi) is 3.16. The molecule has 2 aromatic rings. The summed E-state index contributed by atoms with van der Waals surface area (Å²) in [5, 5.41) is 7.25. The van der Waals surface area contributed by atoms with Crippen LogP contribution in [0.5, 0.6) is 0 Å². The van der Waals surface area contributed by atoms with E-state index in [9.17, 15) is 9.59 Å². The molecule has 4 unspecified atom stereocenters. The van der Waals surface area contributed by atoms with E-state index in [1.54, 1.807) is 12.1 Å². The van der Waals surface area contributed by atoms with E-state index in [0.717, 1.165) is 35.0 Å². The molecule has 158 valence electrons. The minimum absolute atomic E-state index is 0.117. The third-order valence-electron chi connectivity index (χ3n) is 9.33. The van der Waals surface area contributed by atoms with E-state index in [1.807, 2.05) is 56.3 Å². The number of carbonyl (C=O) groups is 2. The maximum absolute atomic E-state index is 13.1. The van der Waals surface area contributed by atoms with Gasteiger partial charge in [-0.05, 0) is 98.6 Å². The van der Waals surface area contributed by atoms with Gasteiger partial charge in [0.05, 0.1) is 11.7 Å². The number of rotatable bonds is 4. The third kappa shape index (κ3) is 1.90. The molecule has 1 aliphatic heterocycles. The van der Waals surface area contributed by atoms with E-state index in [4.69, 9.17) is 0 Å². The molecular weight excluding hydrogens is 386 g/mol. The number of nitrogens with one attached hydrogen (secondary N) is 1.